The smallest absolute Gasteiger partial charge is 0.240 e. The van der Waals surface area contributed by atoms with Gasteiger partial charge in [0.1, 0.15) is 0 Å². The molecular weight excluding hydrogens is 370 g/mol. The number of aromatic amines is 1. The van der Waals surface area contributed by atoms with Crippen LogP contribution in [-0.4, -0.2) is 38.4 Å². The van der Waals surface area contributed by atoms with Crippen LogP contribution in [0.25, 0.3) is 10.9 Å². The first kappa shape index (κ1) is 20.3. The van der Waals surface area contributed by atoms with E-state index in [1.807, 2.05) is 18.2 Å². The van der Waals surface area contributed by atoms with Crippen molar-refractivity contribution in [1.82, 2.24) is 10.4 Å². The highest BCUT2D eigenvalue weighted by atomic mass is 16.5. The summed E-state index contributed by atoms with van der Waals surface area (Å²) in [5.41, 5.74) is 5.51. The summed E-state index contributed by atoms with van der Waals surface area (Å²) >= 11 is 0. The van der Waals surface area contributed by atoms with Crippen LogP contribution < -0.4 is 19.6 Å². The molecule has 0 atom stereocenters. The number of ether oxygens (including phenoxy) is 3. The van der Waals surface area contributed by atoms with Crippen molar-refractivity contribution < 1.29 is 19.0 Å². The highest BCUT2D eigenvalue weighted by molar-refractivity contribution is 5.84. The fraction of sp³-hybridized carbons (Fsp3) is 0.273. The zero-order valence-corrected chi connectivity index (χ0v) is 16.8. The van der Waals surface area contributed by atoms with Crippen LogP contribution in [0.5, 0.6) is 17.2 Å². The number of H-pyrrole nitrogens is 1. The molecule has 1 amide bonds. The number of methoxy groups -OCH3 is 3. The highest BCUT2D eigenvalue weighted by Gasteiger charge is 2.12. The van der Waals surface area contributed by atoms with Crippen LogP contribution in [0.4, 0.5) is 0 Å². The third kappa shape index (κ3) is 5.07. The molecule has 0 spiro atoms. The molecule has 3 rings (SSSR count). The minimum atomic E-state index is -0.134. The maximum atomic E-state index is 12.0. The number of nitrogens with one attached hydrogen (secondary N) is 2. The number of carbonyl (C=O) groups is 1. The number of nitrogens with zero attached hydrogens (tertiary/aromatic N) is 1. The van der Waals surface area contributed by atoms with Gasteiger partial charge in [-0.3, -0.25) is 4.79 Å². The highest BCUT2D eigenvalue weighted by Crippen LogP contribution is 2.37. The van der Waals surface area contributed by atoms with Crippen molar-refractivity contribution in [3.05, 3.63) is 53.7 Å². The lowest BCUT2D eigenvalue weighted by Crippen LogP contribution is -2.17. The van der Waals surface area contributed by atoms with Gasteiger partial charge < -0.3 is 19.2 Å². The summed E-state index contributed by atoms with van der Waals surface area (Å²) in [6.07, 6.45) is 3.47. The number of hydrogen-bond acceptors (Lipinski definition) is 5. The van der Waals surface area contributed by atoms with E-state index in [9.17, 15) is 4.79 Å². The number of aryl methyl sites for hydroxylation is 1. The third-order valence-corrected chi connectivity index (χ3v) is 4.53. The molecule has 0 fully saturated rings. The van der Waals surface area contributed by atoms with Crippen LogP contribution in [0, 0.1) is 0 Å². The second kappa shape index (κ2) is 9.64. The standard InChI is InChI=1S/C22H25N3O4/c1-27-19-11-15(12-20(28-2)22(19)29-3)14-23-25-21(26)10-6-8-17-13-16-7-4-5-9-18(16)24-17/h4-5,7,9,11-14,24H,6,8,10H2,1-3H3,(H,25,26)/b23-14+. The Morgan fingerprint density at radius 3 is 2.45 bits per heavy atom. The van der Waals surface area contributed by atoms with Gasteiger partial charge in [0.25, 0.3) is 0 Å². The second-order valence-electron chi connectivity index (χ2n) is 6.49. The van der Waals surface area contributed by atoms with Gasteiger partial charge in [-0.15, -0.1) is 0 Å². The lowest BCUT2D eigenvalue weighted by Gasteiger charge is -2.12. The first-order valence-corrected chi connectivity index (χ1v) is 9.33. The Morgan fingerprint density at radius 1 is 1.07 bits per heavy atom. The van der Waals surface area contributed by atoms with Crippen LogP contribution in [0.15, 0.2) is 47.6 Å². The van der Waals surface area contributed by atoms with E-state index in [2.05, 4.69) is 27.6 Å². The predicted octanol–water partition coefficient (Wildman–Crippen LogP) is 3.67. The quantitative estimate of drug-likeness (QED) is 0.428. The summed E-state index contributed by atoms with van der Waals surface area (Å²) in [5.74, 6) is 1.42. The normalized spacial score (nSPS) is 11.0. The molecule has 0 bridgehead atoms. The number of carbonyl (C=O) groups excluding carboxylic acids is 1. The number of hydrazone groups is 1. The second-order valence-corrected chi connectivity index (χ2v) is 6.49. The molecular formula is C22H25N3O4. The average molecular weight is 395 g/mol. The summed E-state index contributed by atoms with van der Waals surface area (Å²) in [6.45, 7) is 0. The van der Waals surface area contributed by atoms with Crippen LogP contribution >= 0.6 is 0 Å². The molecule has 3 aromatic rings. The Kier molecular flexibility index (Phi) is 6.73. The van der Waals surface area contributed by atoms with E-state index in [4.69, 9.17) is 14.2 Å². The van der Waals surface area contributed by atoms with Gasteiger partial charge >= 0.3 is 0 Å². The maximum Gasteiger partial charge on any atom is 0.240 e. The van der Waals surface area contributed by atoms with Crippen LogP contribution in [0.1, 0.15) is 24.1 Å². The summed E-state index contributed by atoms with van der Waals surface area (Å²) < 4.78 is 15.9. The number of rotatable bonds is 9. The van der Waals surface area contributed by atoms with Gasteiger partial charge in [-0.25, -0.2) is 5.43 Å². The van der Waals surface area contributed by atoms with Crippen molar-refractivity contribution in [3.8, 4) is 17.2 Å². The molecule has 2 aromatic carbocycles. The summed E-state index contributed by atoms with van der Waals surface area (Å²) in [5, 5.41) is 5.21. The first-order valence-electron chi connectivity index (χ1n) is 9.33. The van der Waals surface area contributed by atoms with E-state index in [1.54, 1.807) is 39.7 Å². The predicted molar refractivity (Wildman–Crippen MR) is 113 cm³/mol. The number of hydrogen-bond donors (Lipinski definition) is 2. The molecule has 0 unspecified atom stereocenters. The lowest BCUT2D eigenvalue weighted by molar-refractivity contribution is -0.121. The largest absolute Gasteiger partial charge is 0.493 e. The Bertz CT molecular complexity index is 952. The number of benzene rings is 2. The molecule has 0 aliphatic carbocycles. The number of para-hydroxylation sites is 1. The molecule has 1 aromatic heterocycles. The molecule has 152 valence electrons. The van der Waals surface area contributed by atoms with E-state index in [1.165, 1.54) is 5.39 Å². The topological polar surface area (TPSA) is 84.9 Å². The Labute approximate surface area is 169 Å². The van der Waals surface area contributed by atoms with Crippen LogP contribution in [0.3, 0.4) is 0 Å². The average Bonchev–Trinajstić information content (AvgIpc) is 3.15. The molecule has 2 N–H and O–H groups in total. The van der Waals surface area contributed by atoms with E-state index in [0.717, 1.165) is 29.6 Å². The van der Waals surface area contributed by atoms with Gasteiger partial charge in [-0.1, -0.05) is 18.2 Å². The molecule has 0 saturated heterocycles. The molecule has 1 heterocycles. The fourth-order valence-corrected chi connectivity index (χ4v) is 3.12. The molecule has 0 saturated carbocycles. The monoisotopic (exact) mass is 395 g/mol. The zero-order chi connectivity index (χ0) is 20.6. The van der Waals surface area contributed by atoms with E-state index < -0.39 is 0 Å². The van der Waals surface area contributed by atoms with Crippen molar-refractivity contribution in [1.29, 1.82) is 0 Å². The Balaban J connectivity index is 1.51. The van der Waals surface area contributed by atoms with Crippen molar-refractivity contribution in [2.24, 2.45) is 5.10 Å². The lowest BCUT2D eigenvalue weighted by atomic mass is 10.2. The van der Waals surface area contributed by atoms with E-state index in [-0.39, 0.29) is 5.91 Å². The SMILES string of the molecule is COc1cc(/C=N/NC(=O)CCCc2cc3ccccc3[nH]2)cc(OC)c1OC. The number of fused-ring (bicyclic) bond motifs is 1. The van der Waals surface area contributed by atoms with Crippen molar-refractivity contribution in [2.45, 2.75) is 19.3 Å². The molecule has 7 heteroatoms. The van der Waals surface area contributed by atoms with Gasteiger partial charge in [0.15, 0.2) is 11.5 Å². The Hall–Kier alpha value is -3.48. The summed E-state index contributed by atoms with van der Waals surface area (Å²) in [6, 6.07) is 13.8. The van der Waals surface area contributed by atoms with Gasteiger partial charge in [-0.05, 0) is 42.5 Å². The molecule has 7 nitrogen and oxygen atoms in total. The summed E-state index contributed by atoms with van der Waals surface area (Å²) in [7, 11) is 4.64. The molecule has 0 radical (unpaired) electrons. The minimum absolute atomic E-state index is 0.134. The zero-order valence-electron chi connectivity index (χ0n) is 16.8. The molecule has 0 aliphatic heterocycles. The van der Waals surface area contributed by atoms with Crippen LogP contribution in [-0.2, 0) is 11.2 Å². The van der Waals surface area contributed by atoms with Gasteiger partial charge in [0, 0.05) is 23.2 Å². The number of aromatic nitrogens is 1. The number of amides is 1. The van der Waals surface area contributed by atoms with E-state index >= 15 is 0 Å². The first-order chi connectivity index (χ1) is 14.1. The van der Waals surface area contributed by atoms with Crippen molar-refractivity contribution >= 4 is 23.0 Å². The van der Waals surface area contributed by atoms with Gasteiger partial charge in [-0.2, -0.15) is 5.10 Å². The van der Waals surface area contributed by atoms with E-state index in [0.29, 0.717) is 23.7 Å². The minimum Gasteiger partial charge on any atom is -0.493 e. The molecule has 0 aliphatic rings. The Morgan fingerprint density at radius 2 is 1.79 bits per heavy atom. The van der Waals surface area contributed by atoms with Gasteiger partial charge in [0.2, 0.25) is 11.7 Å². The molecule has 29 heavy (non-hydrogen) atoms. The third-order valence-electron chi connectivity index (χ3n) is 4.53. The van der Waals surface area contributed by atoms with Crippen LogP contribution in [0.2, 0.25) is 0 Å². The van der Waals surface area contributed by atoms with Gasteiger partial charge in [0.05, 0.1) is 27.5 Å². The van der Waals surface area contributed by atoms with Crippen molar-refractivity contribution in [3.63, 3.8) is 0 Å². The fourth-order valence-electron chi connectivity index (χ4n) is 3.12. The maximum absolute atomic E-state index is 12.0. The van der Waals surface area contributed by atoms with Crippen molar-refractivity contribution in [2.75, 3.05) is 21.3 Å². The summed E-state index contributed by atoms with van der Waals surface area (Å²) in [4.78, 5) is 15.4.